The fraction of sp³-hybridized carbons (Fsp3) is 0.938. The molecular formula is C16H30N2O3. The summed E-state index contributed by atoms with van der Waals surface area (Å²) in [5, 5.41) is 6.75. The summed E-state index contributed by atoms with van der Waals surface area (Å²) in [6.07, 6.45) is 6.30. The highest BCUT2D eigenvalue weighted by molar-refractivity contribution is 5.68. The van der Waals surface area contributed by atoms with Crippen molar-refractivity contribution in [1.29, 1.82) is 0 Å². The van der Waals surface area contributed by atoms with Gasteiger partial charge in [-0.3, -0.25) is 0 Å². The van der Waals surface area contributed by atoms with Gasteiger partial charge in [0.05, 0.1) is 0 Å². The Labute approximate surface area is 128 Å². The maximum absolute atomic E-state index is 11.9. The molecule has 1 aliphatic heterocycles. The largest absolute Gasteiger partial charge is 0.444 e. The summed E-state index contributed by atoms with van der Waals surface area (Å²) in [5.74, 6) is 0. The van der Waals surface area contributed by atoms with Crippen molar-refractivity contribution in [2.75, 3.05) is 13.2 Å². The molecule has 0 aromatic heterocycles. The molecule has 0 spiro atoms. The van der Waals surface area contributed by atoms with Gasteiger partial charge in [0.1, 0.15) is 5.60 Å². The number of amides is 1. The summed E-state index contributed by atoms with van der Waals surface area (Å²) in [6.45, 7) is 7.41. The van der Waals surface area contributed by atoms with E-state index in [1.165, 1.54) is 6.42 Å². The van der Waals surface area contributed by atoms with Gasteiger partial charge < -0.3 is 20.1 Å². The third kappa shape index (κ3) is 6.22. The topological polar surface area (TPSA) is 59.6 Å². The van der Waals surface area contributed by atoms with Crippen LogP contribution in [0.1, 0.15) is 59.3 Å². The van der Waals surface area contributed by atoms with Crippen LogP contribution >= 0.6 is 0 Å². The standard InChI is InChI=1S/C16H30N2O3/c1-16(2,3)21-15(19)18-14-6-4-5-13(11-14)17-12-7-9-20-10-8-12/h12-14,17H,4-11H2,1-3H3,(H,18,19). The highest BCUT2D eigenvalue weighted by Crippen LogP contribution is 2.21. The van der Waals surface area contributed by atoms with Crippen LogP contribution in [0.2, 0.25) is 0 Å². The molecule has 1 aliphatic carbocycles. The van der Waals surface area contributed by atoms with Gasteiger partial charge >= 0.3 is 6.09 Å². The number of ether oxygens (including phenoxy) is 2. The summed E-state index contributed by atoms with van der Waals surface area (Å²) >= 11 is 0. The van der Waals surface area contributed by atoms with E-state index in [1.54, 1.807) is 0 Å². The van der Waals surface area contributed by atoms with Gasteiger partial charge in [-0.15, -0.1) is 0 Å². The van der Waals surface area contributed by atoms with Gasteiger partial charge in [-0.1, -0.05) is 0 Å². The molecule has 5 heteroatoms. The molecule has 2 atom stereocenters. The van der Waals surface area contributed by atoms with E-state index < -0.39 is 5.60 Å². The minimum Gasteiger partial charge on any atom is -0.444 e. The molecule has 0 aromatic carbocycles. The maximum Gasteiger partial charge on any atom is 0.407 e. The summed E-state index contributed by atoms with van der Waals surface area (Å²) in [5.41, 5.74) is -0.432. The first-order valence-corrected chi connectivity index (χ1v) is 8.26. The monoisotopic (exact) mass is 298 g/mol. The van der Waals surface area contributed by atoms with Crippen molar-refractivity contribution in [2.24, 2.45) is 0 Å². The highest BCUT2D eigenvalue weighted by Gasteiger charge is 2.27. The molecule has 2 unspecified atom stereocenters. The van der Waals surface area contributed by atoms with Gasteiger partial charge in [-0.25, -0.2) is 4.79 Å². The van der Waals surface area contributed by atoms with E-state index >= 15 is 0 Å². The zero-order chi connectivity index (χ0) is 15.3. The number of rotatable bonds is 3. The molecule has 0 aromatic rings. The van der Waals surface area contributed by atoms with Crippen molar-refractivity contribution in [2.45, 2.75) is 83.0 Å². The SMILES string of the molecule is CC(C)(C)OC(=O)NC1CCCC(NC2CCOCC2)C1. The van der Waals surface area contributed by atoms with Crippen LogP contribution in [0.5, 0.6) is 0 Å². The summed E-state index contributed by atoms with van der Waals surface area (Å²) in [6, 6.07) is 1.30. The molecule has 2 fully saturated rings. The van der Waals surface area contributed by atoms with Gasteiger partial charge in [0.25, 0.3) is 0 Å². The fourth-order valence-electron chi connectivity index (χ4n) is 3.14. The van der Waals surface area contributed by atoms with Gasteiger partial charge in [0.15, 0.2) is 0 Å². The number of carbonyl (C=O) groups excluding carboxylic acids is 1. The Bertz CT molecular complexity index is 335. The lowest BCUT2D eigenvalue weighted by atomic mass is 9.90. The Hall–Kier alpha value is -0.810. The van der Waals surface area contributed by atoms with Crippen LogP contribution in [0.15, 0.2) is 0 Å². The van der Waals surface area contributed by atoms with E-state index in [4.69, 9.17) is 9.47 Å². The smallest absolute Gasteiger partial charge is 0.407 e. The predicted octanol–water partition coefficient (Wildman–Crippen LogP) is 2.59. The number of carbonyl (C=O) groups is 1. The molecule has 2 rings (SSSR count). The molecule has 1 amide bonds. The minimum absolute atomic E-state index is 0.228. The van der Waals surface area contributed by atoms with E-state index in [1.807, 2.05) is 20.8 Å². The lowest BCUT2D eigenvalue weighted by Crippen LogP contribution is -2.48. The average molecular weight is 298 g/mol. The molecule has 1 saturated heterocycles. The van der Waals surface area contributed by atoms with Crippen LogP contribution < -0.4 is 10.6 Å². The average Bonchev–Trinajstić information content (AvgIpc) is 2.38. The van der Waals surface area contributed by atoms with Gasteiger partial charge in [-0.05, 0) is 59.3 Å². The Morgan fingerprint density at radius 2 is 1.71 bits per heavy atom. The van der Waals surface area contributed by atoms with Gasteiger partial charge in [-0.2, -0.15) is 0 Å². The van der Waals surface area contributed by atoms with Crippen molar-refractivity contribution in [3.8, 4) is 0 Å². The highest BCUT2D eigenvalue weighted by atomic mass is 16.6. The zero-order valence-corrected chi connectivity index (χ0v) is 13.6. The molecule has 2 N–H and O–H groups in total. The van der Waals surface area contributed by atoms with Crippen molar-refractivity contribution < 1.29 is 14.3 Å². The molecule has 1 saturated carbocycles. The molecule has 5 nitrogen and oxygen atoms in total. The summed E-state index contributed by atoms with van der Waals surface area (Å²) in [7, 11) is 0. The first-order chi connectivity index (χ1) is 9.92. The van der Waals surface area contributed by atoms with Gasteiger partial charge in [0.2, 0.25) is 0 Å². The first kappa shape index (κ1) is 16.6. The Morgan fingerprint density at radius 3 is 2.38 bits per heavy atom. The van der Waals surface area contributed by atoms with Crippen molar-refractivity contribution in [1.82, 2.24) is 10.6 Å². The summed E-state index contributed by atoms with van der Waals surface area (Å²) in [4.78, 5) is 11.9. The predicted molar refractivity (Wildman–Crippen MR) is 82.4 cm³/mol. The summed E-state index contributed by atoms with van der Waals surface area (Å²) < 4.78 is 10.7. The van der Waals surface area contributed by atoms with E-state index in [-0.39, 0.29) is 12.1 Å². The van der Waals surface area contributed by atoms with E-state index in [0.717, 1.165) is 45.3 Å². The zero-order valence-electron chi connectivity index (χ0n) is 13.6. The molecule has 21 heavy (non-hydrogen) atoms. The lowest BCUT2D eigenvalue weighted by molar-refractivity contribution is 0.0482. The van der Waals surface area contributed by atoms with Crippen LogP contribution in [0.25, 0.3) is 0 Å². The van der Waals surface area contributed by atoms with Crippen LogP contribution in [0.4, 0.5) is 4.79 Å². The first-order valence-electron chi connectivity index (χ1n) is 8.26. The van der Waals surface area contributed by atoms with Crippen molar-refractivity contribution in [3.05, 3.63) is 0 Å². The second-order valence-corrected chi connectivity index (χ2v) is 7.26. The van der Waals surface area contributed by atoms with Crippen LogP contribution in [-0.4, -0.2) is 43.0 Å². The number of hydrogen-bond donors (Lipinski definition) is 2. The van der Waals surface area contributed by atoms with E-state index in [2.05, 4.69) is 10.6 Å². The number of nitrogens with one attached hydrogen (secondary N) is 2. The van der Waals surface area contributed by atoms with Crippen LogP contribution in [0.3, 0.4) is 0 Å². The van der Waals surface area contributed by atoms with Crippen molar-refractivity contribution in [3.63, 3.8) is 0 Å². The third-order valence-corrected chi connectivity index (χ3v) is 4.09. The maximum atomic E-state index is 11.9. The second-order valence-electron chi connectivity index (χ2n) is 7.26. The molecule has 1 heterocycles. The molecular weight excluding hydrogens is 268 g/mol. The van der Waals surface area contributed by atoms with Crippen LogP contribution in [0, 0.1) is 0 Å². The van der Waals surface area contributed by atoms with E-state index in [9.17, 15) is 4.79 Å². The minimum atomic E-state index is -0.432. The van der Waals surface area contributed by atoms with Crippen LogP contribution in [-0.2, 0) is 9.47 Å². The third-order valence-electron chi connectivity index (χ3n) is 4.09. The molecule has 2 aliphatic rings. The Kier molecular flexibility index (Phi) is 5.88. The Morgan fingerprint density at radius 1 is 1.05 bits per heavy atom. The normalized spacial score (nSPS) is 28.1. The fourth-order valence-corrected chi connectivity index (χ4v) is 3.14. The quantitative estimate of drug-likeness (QED) is 0.841. The van der Waals surface area contributed by atoms with E-state index in [0.29, 0.717) is 12.1 Å². The molecule has 0 radical (unpaired) electrons. The molecule has 0 bridgehead atoms. The molecule has 122 valence electrons. The van der Waals surface area contributed by atoms with Crippen molar-refractivity contribution >= 4 is 6.09 Å². The number of alkyl carbamates (subject to hydrolysis) is 1. The van der Waals surface area contributed by atoms with Gasteiger partial charge in [0, 0.05) is 31.3 Å². The Balaban J connectivity index is 1.73. The lowest BCUT2D eigenvalue weighted by Gasteiger charge is -2.34. The number of hydrogen-bond acceptors (Lipinski definition) is 4. The second kappa shape index (κ2) is 7.45.